The van der Waals surface area contributed by atoms with Crippen LogP contribution < -0.4 is 10.5 Å². The summed E-state index contributed by atoms with van der Waals surface area (Å²) in [5, 5.41) is 0. The number of methoxy groups -OCH3 is 1. The van der Waals surface area contributed by atoms with Gasteiger partial charge >= 0.3 is 0 Å². The number of hydrogen-bond donors (Lipinski definition) is 1. The highest BCUT2D eigenvalue weighted by Gasteiger charge is 2.27. The summed E-state index contributed by atoms with van der Waals surface area (Å²) in [4.78, 5) is 0. The maximum atomic E-state index is 5.92. The van der Waals surface area contributed by atoms with Crippen LogP contribution in [0.3, 0.4) is 0 Å². The third-order valence-corrected chi connectivity index (χ3v) is 3.17. The predicted molar refractivity (Wildman–Crippen MR) is 66.6 cm³/mol. The average molecular weight is 215 g/mol. The van der Waals surface area contributed by atoms with E-state index in [2.05, 4.69) is 36.4 Å². The number of rotatable bonds is 3. The van der Waals surface area contributed by atoms with Crippen molar-refractivity contribution in [3.05, 3.63) is 54.1 Å². The number of benzene rings is 1. The summed E-state index contributed by atoms with van der Waals surface area (Å²) >= 11 is 0. The molecule has 84 valence electrons. The lowest BCUT2D eigenvalue weighted by Crippen LogP contribution is -2.33. The molecule has 2 nitrogen and oxygen atoms in total. The van der Waals surface area contributed by atoms with Crippen molar-refractivity contribution in [2.75, 3.05) is 13.7 Å². The van der Waals surface area contributed by atoms with Crippen LogP contribution in [-0.2, 0) is 5.41 Å². The second-order valence-electron chi connectivity index (χ2n) is 4.08. The largest absolute Gasteiger partial charge is 0.497 e. The Bertz CT molecular complexity index is 405. The van der Waals surface area contributed by atoms with Gasteiger partial charge in [0.2, 0.25) is 0 Å². The fraction of sp³-hybridized carbons (Fsp3) is 0.286. The Labute approximate surface area is 96.4 Å². The van der Waals surface area contributed by atoms with E-state index < -0.39 is 0 Å². The van der Waals surface area contributed by atoms with Crippen LogP contribution in [0.2, 0.25) is 0 Å². The fourth-order valence-corrected chi connectivity index (χ4v) is 2.07. The summed E-state index contributed by atoms with van der Waals surface area (Å²) in [6.07, 6.45) is 9.45. The van der Waals surface area contributed by atoms with E-state index in [1.165, 1.54) is 5.56 Å². The van der Waals surface area contributed by atoms with Gasteiger partial charge in [-0.25, -0.2) is 0 Å². The first-order chi connectivity index (χ1) is 7.80. The number of allylic oxidation sites excluding steroid dienone is 3. The zero-order chi connectivity index (χ0) is 11.4. The molecule has 1 aromatic carbocycles. The third kappa shape index (κ3) is 1.89. The number of ether oxygens (including phenoxy) is 1. The highest BCUT2D eigenvalue weighted by atomic mass is 16.5. The van der Waals surface area contributed by atoms with Crippen LogP contribution >= 0.6 is 0 Å². The quantitative estimate of drug-likeness (QED) is 0.840. The minimum atomic E-state index is -0.0407. The molecule has 1 unspecified atom stereocenters. The molecule has 1 aliphatic rings. The summed E-state index contributed by atoms with van der Waals surface area (Å²) in [7, 11) is 1.68. The van der Waals surface area contributed by atoms with Gasteiger partial charge in [0.05, 0.1) is 7.11 Å². The molecule has 16 heavy (non-hydrogen) atoms. The molecule has 2 N–H and O–H groups in total. The van der Waals surface area contributed by atoms with Gasteiger partial charge in [0, 0.05) is 12.0 Å². The maximum Gasteiger partial charge on any atom is 0.118 e. The first-order valence-electron chi connectivity index (χ1n) is 5.50. The molecule has 2 heteroatoms. The van der Waals surface area contributed by atoms with Gasteiger partial charge in [0.1, 0.15) is 5.75 Å². The highest BCUT2D eigenvalue weighted by molar-refractivity contribution is 5.39. The van der Waals surface area contributed by atoms with Crippen LogP contribution in [0.5, 0.6) is 5.75 Å². The van der Waals surface area contributed by atoms with Gasteiger partial charge in [-0.3, -0.25) is 0 Å². The van der Waals surface area contributed by atoms with Crippen molar-refractivity contribution in [1.29, 1.82) is 0 Å². The zero-order valence-electron chi connectivity index (χ0n) is 9.52. The molecule has 0 amide bonds. The fourth-order valence-electron chi connectivity index (χ4n) is 2.07. The van der Waals surface area contributed by atoms with Gasteiger partial charge in [0.25, 0.3) is 0 Å². The smallest absolute Gasteiger partial charge is 0.118 e. The lowest BCUT2D eigenvalue weighted by Gasteiger charge is -2.30. The summed E-state index contributed by atoms with van der Waals surface area (Å²) in [5.74, 6) is 0.881. The first-order valence-corrected chi connectivity index (χ1v) is 5.50. The minimum Gasteiger partial charge on any atom is -0.497 e. The molecule has 0 spiro atoms. The van der Waals surface area contributed by atoms with E-state index in [1.54, 1.807) is 7.11 Å². The second-order valence-corrected chi connectivity index (χ2v) is 4.08. The molecule has 0 heterocycles. The van der Waals surface area contributed by atoms with E-state index in [1.807, 2.05) is 12.1 Å². The van der Waals surface area contributed by atoms with E-state index in [4.69, 9.17) is 10.5 Å². The Kier molecular flexibility index (Phi) is 3.11. The standard InChI is InChI=1S/C14H17NO/c1-16-13-7-5-12(6-8-13)14(11-15)9-3-2-4-10-14/h2-9H,10-11,15H2,1H3. The average Bonchev–Trinajstić information content (AvgIpc) is 2.39. The van der Waals surface area contributed by atoms with Crippen molar-refractivity contribution in [3.63, 3.8) is 0 Å². The van der Waals surface area contributed by atoms with Gasteiger partial charge in [-0.05, 0) is 24.1 Å². The topological polar surface area (TPSA) is 35.2 Å². The Balaban J connectivity index is 2.33. The normalized spacial score (nSPS) is 23.4. The summed E-state index contributed by atoms with van der Waals surface area (Å²) in [6.45, 7) is 0.625. The van der Waals surface area contributed by atoms with Crippen LogP contribution in [-0.4, -0.2) is 13.7 Å². The second kappa shape index (κ2) is 4.54. The molecule has 1 aromatic rings. The Morgan fingerprint density at radius 3 is 2.50 bits per heavy atom. The molecule has 0 saturated carbocycles. The van der Waals surface area contributed by atoms with Gasteiger partial charge in [-0.1, -0.05) is 36.4 Å². The van der Waals surface area contributed by atoms with Gasteiger partial charge in [-0.2, -0.15) is 0 Å². The lowest BCUT2D eigenvalue weighted by atomic mass is 9.75. The van der Waals surface area contributed by atoms with Crippen molar-refractivity contribution in [2.24, 2.45) is 5.73 Å². The molecule has 1 atom stereocenters. The van der Waals surface area contributed by atoms with Crippen LogP contribution in [0.15, 0.2) is 48.6 Å². The maximum absolute atomic E-state index is 5.92. The van der Waals surface area contributed by atoms with E-state index in [0.717, 1.165) is 12.2 Å². The molecule has 0 fully saturated rings. The van der Waals surface area contributed by atoms with Crippen molar-refractivity contribution < 1.29 is 4.74 Å². The molecule has 0 aliphatic heterocycles. The summed E-state index contributed by atoms with van der Waals surface area (Å²) in [6, 6.07) is 8.15. The SMILES string of the molecule is COc1ccc(C2(CN)C=CC=CC2)cc1. The molecule has 1 aliphatic carbocycles. The molecular weight excluding hydrogens is 198 g/mol. The van der Waals surface area contributed by atoms with E-state index >= 15 is 0 Å². The number of nitrogens with two attached hydrogens (primary N) is 1. The molecule has 0 bridgehead atoms. The lowest BCUT2D eigenvalue weighted by molar-refractivity contribution is 0.414. The third-order valence-electron chi connectivity index (χ3n) is 3.17. The van der Waals surface area contributed by atoms with Gasteiger partial charge < -0.3 is 10.5 Å². The van der Waals surface area contributed by atoms with Crippen molar-refractivity contribution in [1.82, 2.24) is 0 Å². The Morgan fingerprint density at radius 1 is 1.25 bits per heavy atom. The predicted octanol–water partition coefficient (Wildman–Crippen LogP) is 2.41. The van der Waals surface area contributed by atoms with Crippen LogP contribution in [0.1, 0.15) is 12.0 Å². The molecule has 0 saturated heterocycles. The van der Waals surface area contributed by atoms with E-state index in [0.29, 0.717) is 6.54 Å². The van der Waals surface area contributed by atoms with Gasteiger partial charge in [0.15, 0.2) is 0 Å². The van der Waals surface area contributed by atoms with Crippen molar-refractivity contribution in [3.8, 4) is 5.75 Å². The first kappa shape index (κ1) is 11.0. The van der Waals surface area contributed by atoms with Crippen LogP contribution in [0.4, 0.5) is 0 Å². The monoisotopic (exact) mass is 215 g/mol. The Hall–Kier alpha value is -1.54. The van der Waals surface area contributed by atoms with Gasteiger partial charge in [-0.15, -0.1) is 0 Å². The van der Waals surface area contributed by atoms with E-state index in [-0.39, 0.29) is 5.41 Å². The van der Waals surface area contributed by atoms with Crippen molar-refractivity contribution in [2.45, 2.75) is 11.8 Å². The van der Waals surface area contributed by atoms with Crippen LogP contribution in [0, 0.1) is 0 Å². The van der Waals surface area contributed by atoms with E-state index in [9.17, 15) is 0 Å². The molecular formula is C14H17NO. The summed E-state index contributed by atoms with van der Waals surface area (Å²) < 4.78 is 5.16. The Morgan fingerprint density at radius 2 is 2.00 bits per heavy atom. The number of hydrogen-bond acceptors (Lipinski definition) is 2. The van der Waals surface area contributed by atoms with Crippen molar-refractivity contribution >= 4 is 0 Å². The highest BCUT2D eigenvalue weighted by Crippen LogP contribution is 2.32. The summed E-state index contributed by atoms with van der Waals surface area (Å²) in [5.41, 5.74) is 7.13. The molecule has 0 aromatic heterocycles. The minimum absolute atomic E-state index is 0.0407. The molecule has 2 rings (SSSR count). The van der Waals surface area contributed by atoms with Crippen LogP contribution in [0.25, 0.3) is 0 Å². The zero-order valence-corrected chi connectivity index (χ0v) is 9.52. The molecule has 0 radical (unpaired) electrons.